The summed E-state index contributed by atoms with van der Waals surface area (Å²) in [6, 6.07) is 0. The van der Waals surface area contributed by atoms with Gasteiger partial charge in [0.2, 0.25) is 0 Å². The highest BCUT2D eigenvalue weighted by atomic mass is 16.5. The largest absolute Gasteiger partial charge is 0.376 e. The minimum atomic E-state index is -0.130. The van der Waals surface area contributed by atoms with Gasteiger partial charge in [0.15, 0.2) is 0 Å². The molecule has 0 heterocycles. The second kappa shape index (κ2) is 5.51. The molecule has 0 spiro atoms. The second-order valence-electron chi connectivity index (χ2n) is 5.82. The summed E-state index contributed by atoms with van der Waals surface area (Å²) < 4.78 is 6.06. The maximum atomic E-state index is 11.8. The molecule has 2 rings (SSSR count). The molecule has 0 N–H and O–H groups in total. The molecule has 2 heteroatoms. The van der Waals surface area contributed by atoms with Crippen LogP contribution in [-0.2, 0) is 9.53 Å². The molecule has 0 aliphatic heterocycles. The Morgan fingerprint density at radius 1 is 1.18 bits per heavy atom. The molecule has 2 aliphatic rings. The molecule has 1 atom stereocenters. The summed E-state index contributed by atoms with van der Waals surface area (Å²) in [5.74, 6) is 1.18. The predicted octanol–water partition coefficient (Wildman–Crippen LogP) is 3.73. The Morgan fingerprint density at radius 3 is 2.35 bits per heavy atom. The molecule has 0 aromatic heterocycles. The molecule has 2 saturated carbocycles. The van der Waals surface area contributed by atoms with Gasteiger partial charge in [-0.2, -0.15) is 0 Å². The maximum Gasteiger partial charge on any atom is 0.144 e. The van der Waals surface area contributed by atoms with Gasteiger partial charge in [0.1, 0.15) is 5.78 Å². The van der Waals surface area contributed by atoms with Crippen LogP contribution in [0, 0.1) is 11.3 Å². The van der Waals surface area contributed by atoms with Crippen LogP contribution >= 0.6 is 0 Å². The summed E-state index contributed by atoms with van der Waals surface area (Å²) in [7, 11) is 0. The van der Waals surface area contributed by atoms with Gasteiger partial charge in [-0.05, 0) is 31.6 Å². The number of rotatable bonds is 5. The fraction of sp³-hybridized carbons (Fsp3) is 0.933. The highest BCUT2D eigenvalue weighted by Crippen LogP contribution is 2.45. The van der Waals surface area contributed by atoms with Gasteiger partial charge in [-0.1, -0.05) is 33.1 Å². The van der Waals surface area contributed by atoms with Gasteiger partial charge in [-0.25, -0.2) is 0 Å². The van der Waals surface area contributed by atoms with Crippen LogP contribution in [0.1, 0.15) is 65.2 Å². The van der Waals surface area contributed by atoms with Crippen LogP contribution in [0.2, 0.25) is 0 Å². The normalized spacial score (nSPS) is 29.1. The zero-order valence-electron chi connectivity index (χ0n) is 11.3. The van der Waals surface area contributed by atoms with E-state index in [9.17, 15) is 4.79 Å². The Hall–Kier alpha value is -0.370. The van der Waals surface area contributed by atoms with Crippen LogP contribution in [0.5, 0.6) is 0 Å². The highest BCUT2D eigenvalue weighted by molar-refractivity contribution is 5.92. The van der Waals surface area contributed by atoms with Crippen LogP contribution in [-0.4, -0.2) is 18.5 Å². The van der Waals surface area contributed by atoms with Gasteiger partial charge < -0.3 is 4.74 Å². The number of carbonyl (C=O) groups is 1. The van der Waals surface area contributed by atoms with Crippen molar-refractivity contribution in [2.24, 2.45) is 11.3 Å². The summed E-state index contributed by atoms with van der Waals surface area (Å²) in [4.78, 5) is 11.8. The van der Waals surface area contributed by atoms with Crippen LogP contribution in [0.4, 0.5) is 0 Å². The van der Waals surface area contributed by atoms with Crippen molar-refractivity contribution in [3.8, 4) is 0 Å². The highest BCUT2D eigenvalue weighted by Gasteiger charge is 2.52. The van der Waals surface area contributed by atoms with Gasteiger partial charge in [0.05, 0.1) is 11.5 Å². The lowest BCUT2D eigenvalue weighted by Crippen LogP contribution is -2.55. The molecular formula is C15H26O2. The van der Waals surface area contributed by atoms with Crippen LogP contribution in [0.15, 0.2) is 0 Å². The molecule has 98 valence electrons. The number of ether oxygens (including phenoxy) is 1. The smallest absolute Gasteiger partial charge is 0.144 e. The van der Waals surface area contributed by atoms with Crippen molar-refractivity contribution in [2.45, 2.75) is 71.3 Å². The van der Waals surface area contributed by atoms with E-state index in [1.165, 1.54) is 32.1 Å². The number of Topliss-reactive ketones (excluding diaryl/α,β-unsaturated/α-hetero) is 1. The Bertz CT molecular complexity index is 262. The fourth-order valence-electron chi connectivity index (χ4n) is 3.54. The van der Waals surface area contributed by atoms with Crippen molar-refractivity contribution >= 4 is 5.78 Å². The Balaban J connectivity index is 1.81. The van der Waals surface area contributed by atoms with Gasteiger partial charge in [0.25, 0.3) is 0 Å². The second-order valence-corrected chi connectivity index (χ2v) is 5.82. The average molecular weight is 238 g/mol. The molecule has 2 nitrogen and oxygen atoms in total. The van der Waals surface area contributed by atoms with Crippen molar-refractivity contribution in [2.75, 3.05) is 6.61 Å². The summed E-state index contributed by atoms with van der Waals surface area (Å²) in [6.07, 6.45) is 9.54. The van der Waals surface area contributed by atoms with Crippen molar-refractivity contribution in [3.63, 3.8) is 0 Å². The molecule has 0 radical (unpaired) electrons. The first kappa shape index (κ1) is 13.1. The van der Waals surface area contributed by atoms with E-state index in [1.807, 2.05) is 0 Å². The summed E-state index contributed by atoms with van der Waals surface area (Å²) >= 11 is 0. The van der Waals surface area contributed by atoms with E-state index in [4.69, 9.17) is 4.74 Å². The fourth-order valence-corrected chi connectivity index (χ4v) is 3.54. The minimum Gasteiger partial charge on any atom is -0.376 e. The van der Waals surface area contributed by atoms with Crippen LogP contribution in [0.3, 0.4) is 0 Å². The molecule has 0 aromatic rings. The summed E-state index contributed by atoms with van der Waals surface area (Å²) in [6.45, 7) is 5.13. The zero-order chi connectivity index (χ0) is 12.3. The molecule has 0 aromatic carbocycles. The molecule has 17 heavy (non-hydrogen) atoms. The van der Waals surface area contributed by atoms with Gasteiger partial charge in [-0.3, -0.25) is 4.79 Å². The first-order valence-electron chi connectivity index (χ1n) is 7.38. The third-order valence-corrected chi connectivity index (χ3v) is 5.06. The standard InChI is InChI=1S/C15H26O2/c1-3-15(4-2)13(16)10-14(15)17-11-12-8-6-5-7-9-12/h12,14H,3-11H2,1-2H3. The molecule has 0 bridgehead atoms. The monoisotopic (exact) mass is 238 g/mol. The Labute approximate surface area is 105 Å². The molecule has 0 saturated heterocycles. The van der Waals surface area contributed by atoms with Crippen molar-refractivity contribution in [1.29, 1.82) is 0 Å². The first-order chi connectivity index (χ1) is 8.23. The van der Waals surface area contributed by atoms with E-state index < -0.39 is 0 Å². The lowest BCUT2D eigenvalue weighted by molar-refractivity contribution is -0.167. The molecule has 1 unspecified atom stereocenters. The topological polar surface area (TPSA) is 26.3 Å². The third kappa shape index (κ3) is 2.42. The lowest BCUT2D eigenvalue weighted by atomic mass is 9.61. The van der Waals surface area contributed by atoms with E-state index >= 15 is 0 Å². The van der Waals surface area contributed by atoms with Crippen molar-refractivity contribution < 1.29 is 9.53 Å². The Kier molecular flexibility index (Phi) is 4.24. The van der Waals surface area contributed by atoms with Crippen LogP contribution in [0.25, 0.3) is 0 Å². The molecule has 0 amide bonds. The quantitative estimate of drug-likeness (QED) is 0.729. The maximum absolute atomic E-state index is 11.8. The Morgan fingerprint density at radius 2 is 1.82 bits per heavy atom. The number of carbonyl (C=O) groups excluding carboxylic acids is 1. The summed E-state index contributed by atoms with van der Waals surface area (Å²) in [5, 5.41) is 0. The zero-order valence-corrected chi connectivity index (χ0v) is 11.3. The first-order valence-corrected chi connectivity index (χ1v) is 7.38. The summed E-state index contributed by atoms with van der Waals surface area (Å²) in [5.41, 5.74) is -0.130. The SMILES string of the molecule is CCC1(CC)C(=O)CC1OCC1CCCCC1. The van der Waals surface area contributed by atoms with Crippen LogP contribution < -0.4 is 0 Å². The van der Waals surface area contributed by atoms with Crippen molar-refractivity contribution in [3.05, 3.63) is 0 Å². The van der Waals surface area contributed by atoms with Gasteiger partial charge >= 0.3 is 0 Å². The lowest BCUT2D eigenvalue weighted by Gasteiger charge is -2.47. The van der Waals surface area contributed by atoms with E-state index in [1.54, 1.807) is 0 Å². The number of hydrogen-bond donors (Lipinski definition) is 0. The van der Waals surface area contributed by atoms with Gasteiger partial charge in [-0.15, -0.1) is 0 Å². The van der Waals surface area contributed by atoms with Gasteiger partial charge in [0, 0.05) is 13.0 Å². The predicted molar refractivity (Wildman–Crippen MR) is 69.0 cm³/mol. The van der Waals surface area contributed by atoms with E-state index in [-0.39, 0.29) is 11.5 Å². The minimum absolute atomic E-state index is 0.130. The molecule has 2 aliphatic carbocycles. The molecule has 2 fully saturated rings. The van der Waals surface area contributed by atoms with Crippen molar-refractivity contribution in [1.82, 2.24) is 0 Å². The average Bonchev–Trinajstić information content (AvgIpc) is 2.37. The van der Waals surface area contributed by atoms with E-state index in [2.05, 4.69) is 13.8 Å². The number of ketones is 1. The van der Waals surface area contributed by atoms with E-state index in [0.29, 0.717) is 12.2 Å². The van der Waals surface area contributed by atoms with E-state index in [0.717, 1.165) is 25.4 Å². The third-order valence-electron chi connectivity index (χ3n) is 5.06. The molecular weight excluding hydrogens is 212 g/mol. The number of hydrogen-bond acceptors (Lipinski definition) is 2.